The normalized spacial score (nSPS) is 11.2. The van der Waals surface area contributed by atoms with Crippen molar-refractivity contribution < 1.29 is 0 Å². The zero-order valence-electron chi connectivity index (χ0n) is 10.0. The molecule has 0 saturated heterocycles. The van der Waals surface area contributed by atoms with Gasteiger partial charge in [0.05, 0.1) is 0 Å². The molecule has 1 nitrogen and oxygen atoms in total. The molecular weight excluding hydrogens is 194 g/mol. The first-order valence-corrected chi connectivity index (χ1v) is 5.94. The lowest BCUT2D eigenvalue weighted by atomic mass is 9.98. The van der Waals surface area contributed by atoms with Crippen LogP contribution in [0.4, 0.5) is 5.69 Å². The third-order valence-electron chi connectivity index (χ3n) is 3.05. The molecule has 2 rings (SSSR count). The fraction of sp³-hybridized carbons (Fsp3) is 0.333. The van der Waals surface area contributed by atoms with Crippen LogP contribution in [-0.2, 0) is 6.42 Å². The van der Waals surface area contributed by atoms with Crippen LogP contribution in [0.1, 0.15) is 25.8 Å². The number of nitrogen functional groups attached to an aromatic ring is 1. The SMILES string of the molecule is CC(C)CCc1ccc2ccccc2c1N. The first-order chi connectivity index (χ1) is 7.68. The summed E-state index contributed by atoms with van der Waals surface area (Å²) in [6, 6.07) is 12.6. The van der Waals surface area contributed by atoms with E-state index in [-0.39, 0.29) is 0 Å². The highest BCUT2D eigenvalue weighted by Gasteiger charge is 2.04. The quantitative estimate of drug-likeness (QED) is 0.766. The number of anilines is 1. The van der Waals surface area contributed by atoms with Crippen molar-refractivity contribution in [3.8, 4) is 0 Å². The molecule has 0 aliphatic heterocycles. The number of fused-ring (bicyclic) bond motifs is 1. The van der Waals surface area contributed by atoms with Crippen LogP contribution < -0.4 is 5.73 Å². The van der Waals surface area contributed by atoms with Gasteiger partial charge in [-0.2, -0.15) is 0 Å². The van der Waals surface area contributed by atoms with Crippen molar-refractivity contribution in [3.63, 3.8) is 0 Å². The van der Waals surface area contributed by atoms with E-state index >= 15 is 0 Å². The molecule has 0 aliphatic carbocycles. The van der Waals surface area contributed by atoms with Gasteiger partial charge in [-0.15, -0.1) is 0 Å². The Kier molecular flexibility index (Phi) is 3.14. The molecule has 0 fully saturated rings. The molecule has 0 saturated carbocycles. The van der Waals surface area contributed by atoms with E-state index < -0.39 is 0 Å². The Morgan fingerprint density at radius 1 is 1.06 bits per heavy atom. The fourth-order valence-corrected chi connectivity index (χ4v) is 2.00. The first-order valence-electron chi connectivity index (χ1n) is 5.94. The summed E-state index contributed by atoms with van der Waals surface area (Å²) in [7, 11) is 0. The maximum absolute atomic E-state index is 6.21. The Morgan fingerprint density at radius 3 is 2.56 bits per heavy atom. The van der Waals surface area contributed by atoms with Gasteiger partial charge < -0.3 is 5.73 Å². The van der Waals surface area contributed by atoms with Gasteiger partial charge in [-0.25, -0.2) is 0 Å². The molecule has 16 heavy (non-hydrogen) atoms. The van der Waals surface area contributed by atoms with E-state index in [1.807, 2.05) is 6.07 Å². The Morgan fingerprint density at radius 2 is 1.81 bits per heavy atom. The van der Waals surface area contributed by atoms with Crippen molar-refractivity contribution in [2.24, 2.45) is 5.92 Å². The van der Waals surface area contributed by atoms with Crippen LogP contribution >= 0.6 is 0 Å². The minimum atomic E-state index is 0.728. The molecule has 0 heterocycles. The van der Waals surface area contributed by atoms with E-state index in [0.717, 1.165) is 18.0 Å². The molecule has 0 spiro atoms. The predicted molar refractivity (Wildman–Crippen MR) is 71.5 cm³/mol. The zero-order chi connectivity index (χ0) is 11.5. The van der Waals surface area contributed by atoms with Gasteiger partial charge in [-0.3, -0.25) is 0 Å². The highest BCUT2D eigenvalue weighted by atomic mass is 14.6. The first kappa shape index (κ1) is 11.0. The monoisotopic (exact) mass is 213 g/mol. The second-order valence-corrected chi connectivity index (χ2v) is 4.79. The molecule has 0 amide bonds. The van der Waals surface area contributed by atoms with Gasteiger partial charge in [0, 0.05) is 11.1 Å². The van der Waals surface area contributed by atoms with Crippen LogP contribution in [0.3, 0.4) is 0 Å². The lowest BCUT2D eigenvalue weighted by Gasteiger charge is -2.10. The largest absolute Gasteiger partial charge is 0.398 e. The number of nitrogens with two attached hydrogens (primary N) is 1. The van der Waals surface area contributed by atoms with E-state index in [1.54, 1.807) is 0 Å². The highest BCUT2D eigenvalue weighted by Crippen LogP contribution is 2.26. The second kappa shape index (κ2) is 4.56. The van der Waals surface area contributed by atoms with Gasteiger partial charge in [0.1, 0.15) is 0 Å². The van der Waals surface area contributed by atoms with Gasteiger partial charge in [0.2, 0.25) is 0 Å². The molecule has 0 bridgehead atoms. The van der Waals surface area contributed by atoms with Crippen molar-refractivity contribution in [1.29, 1.82) is 0 Å². The summed E-state index contributed by atoms with van der Waals surface area (Å²) in [5, 5.41) is 2.41. The summed E-state index contributed by atoms with van der Waals surface area (Å²) in [5.41, 5.74) is 8.45. The van der Waals surface area contributed by atoms with Gasteiger partial charge in [0.15, 0.2) is 0 Å². The molecule has 2 aromatic rings. The summed E-state index contributed by atoms with van der Waals surface area (Å²) in [5.74, 6) is 0.728. The standard InChI is InChI=1S/C15H19N/c1-11(2)7-8-13-10-9-12-5-3-4-6-14(12)15(13)16/h3-6,9-11H,7-8,16H2,1-2H3. The maximum Gasteiger partial charge on any atom is 0.0426 e. The van der Waals surface area contributed by atoms with Crippen molar-refractivity contribution in [3.05, 3.63) is 42.0 Å². The highest BCUT2D eigenvalue weighted by molar-refractivity contribution is 5.94. The van der Waals surface area contributed by atoms with Crippen LogP contribution in [0.25, 0.3) is 10.8 Å². The minimum absolute atomic E-state index is 0.728. The van der Waals surface area contributed by atoms with Crippen LogP contribution in [0.2, 0.25) is 0 Å². The van der Waals surface area contributed by atoms with Crippen LogP contribution in [0.5, 0.6) is 0 Å². The lowest BCUT2D eigenvalue weighted by Crippen LogP contribution is -1.98. The van der Waals surface area contributed by atoms with Crippen molar-refractivity contribution in [1.82, 2.24) is 0 Å². The van der Waals surface area contributed by atoms with Gasteiger partial charge >= 0.3 is 0 Å². The summed E-state index contributed by atoms with van der Waals surface area (Å²) in [6.45, 7) is 4.49. The number of benzene rings is 2. The van der Waals surface area contributed by atoms with Crippen LogP contribution in [-0.4, -0.2) is 0 Å². The average molecular weight is 213 g/mol. The molecule has 0 atom stereocenters. The van der Waals surface area contributed by atoms with Crippen molar-refractivity contribution >= 4 is 16.5 Å². The van der Waals surface area contributed by atoms with Gasteiger partial charge in [0.25, 0.3) is 0 Å². The van der Waals surface area contributed by atoms with Crippen LogP contribution in [0, 0.1) is 5.92 Å². The number of aryl methyl sites for hydroxylation is 1. The summed E-state index contributed by atoms with van der Waals surface area (Å²) >= 11 is 0. The molecular formula is C15H19N. The van der Waals surface area contributed by atoms with E-state index in [9.17, 15) is 0 Å². The summed E-state index contributed by atoms with van der Waals surface area (Å²) < 4.78 is 0. The lowest BCUT2D eigenvalue weighted by molar-refractivity contribution is 0.587. The van der Waals surface area contributed by atoms with E-state index in [0.29, 0.717) is 0 Å². The number of hydrogen-bond acceptors (Lipinski definition) is 1. The molecule has 0 radical (unpaired) electrons. The number of hydrogen-bond donors (Lipinski definition) is 1. The molecule has 0 aromatic heterocycles. The zero-order valence-corrected chi connectivity index (χ0v) is 10.0. The maximum atomic E-state index is 6.21. The van der Waals surface area contributed by atoms with Crippen LogP contribution in [0.15, 0.2) is 36.4 Å². The van der Waals surface area contributed by atoms with E-state index in [2.05, 4.69) is 44.2 Å². The predicted octanol–water partition coefficient (Wildman–Crippen LogP) is 4.01. The average Bonchev–Trinajstić information content (AvgIpc) is 2.28. The van der Waals surface area contributed by atoms with Crippen molar-refractivity contribution in [2.75, 3.05) is 5.73 Å². The molecule has 84 valence electrons. The molecule has 0 aliphatic rings. The minimum Gasteiger partial charge on any atom is -0.398 e. The Bertz CT molecular complexity index is 486. The molecule has 2 N–H and O–H groups in total. The fourth-order valence-electron chi connectivity index (χ4n) is 2.00. The third-order valence-corrected chi connectivity index (χ3v) is 3.05. The Balaban J connectivity index is 2.37. The second-order valence-electron chi connectivity index (χ2n) is 4.79. The summed E-state index contributed by atoms with van der Waals surface area (Å²) in [4.78, 5) is 0. The smallest absolute Gasteiger partial charge is 0.0426 e. The Labute approximate surface area is 97.3 Å². The van der Waals surface area contributed by atoms with E-state index in [1.165, 1.54) is 22.8 Å². The molecule has 0 unspecified atom stereocenters. The van der Waals surface area contributed by atoms with E-state index in [4.69, 9.17) is 5.73 Å². The number of rotatable bonds is 3. The topological polar surface area (TPSA) is 26.0 Å². The summed E-state index contributed by atoms with van der Waals surface area (Å²) in [6.07, 6.45) is 2.27. The molecule has 2 aromatic carbocycles. The third kappa shape index (κ3) is 2.19. The van der Waals surface area contributed by atoms with Gasteiger partial charge in [-0.05, 0) is 29.7 Å². The Hall–Kier alpha value is -1.50. The molecule has 1 heteroatoms. The van der Waals surface area contributed by atoms with Crippen molar-refractivity contribution in [2.45, 2.75) is 26.7 Å². The van der Waals surface area contributed by atoms with Gasteiger partial charge in [-0.1, -0.05) is 50.2 Å².